The number of halogens is 1. The summed E-state index contributed by atoms with van der Waals surface area (Å²) in [6.07, 6.45) is 5.89. The molecule has 1 saturated carbocycles. The third-order valence-corrected chi connectivity index (χ3v) is 4.04. The number of pyridine rings is 1. The maximum absolute atomic E-state index is 11.0. The van der Waals surface area contributed by atoms with Crippen LogP contribution in [-0.4, -0.2) is 28.7 Å². The summed E-state index contributed by atoms with van der Waals surface area (Å²) in [6.45, 7) is 0.695. The molecule has 1 aliphatic heterocycles. The Balaban J connectivity index is 1.71. The van der Waals surface area contributed by atoms with Gasteiger partial charge < -0.3 is 10.1 Å². The Morgan fingerprint density at radius 1 is 1.45 bits per heavy atom. The molecule has 1 aliphatic carbocycles. The molecule has 1 aromatic rings. The van der Waals surface area contributed by atoms with Gasteiger partial charge in [0.05, 0.1) is 16.0 Å². The van der Waals surface area contributed by atoms with E-state index in [0.717, 1.165) is 12.8 Å². The van der Waals surface area contributed by atoms with Crippen LogP contribution >= 0.6 is 11.6 Å². The Bertz CT molecular complexity index is 522. The second-order valence-corrected chi connectivity index (χ2v) is 5.83. The summed E-state index contributed by atoms with van der Waals surface area (Å²) in [6, 6.07) is 1.50. The van der Waals surface area contributed by atoms with E-state index in [1.165, 1.54) is 25.1 Å². The summed E-state index contributed by atoms with van der Waals surface area (Å²) < 4.78 is 5.75. The lowest BCUT2D eigenvalue weighted by Gasteiger charge is -2.30. The highest BCUT2D eigenvalue weighted by atomic mass is 35.5. The van der Waals surface area contributed by atoms with Crippen molar-refractivity contribution in [3.63, 3.8) is 0 Å². The largest absolute Gasteiger partial charge is 0.378 e. The molecule has 1 saturated heterocycles. The molecule has 2 atom stereocenters. The van der Waals surface area contributed by atoms with Crippen LogP contribution in [0.4, 0.5) is 11.5 Å². The summed E-state index contributed by atoms with van der Waals surface area (Å²) in [4.78, 5) is 14.6. The van der Waals surface area contributed by atoms with E-state index < -0.39 is 4.92 Å². The highest BCUT2D eigenvalue weighted by Crippen LogP contribution is 2.39. The van der Waals surface area contributed by atoms with Crippen molar-refractivity contribution in [3.05, 3.63) is 27.4 Å². The van der Waals surface area contributed by atoms with Gasteiger partial charge in [-0.1, -0.05) is 11.6 Å². The molecule has 6 nitrogen and oxygen atoms in total. The molecule has 1 aromatic heterocycles. The van der Waals surface area contributed by atoms with Crippen molar-refractivity contribution in [2.75, 3.05) is 11.9 Å². The number of nitrogens with zero attached hydrogens (tertiary/aromatic N) is 2. The molecule has 0 amide bonds. The summed E-state index contributed by atoms with van der Waals surface area (Å²) >= 11 is 5.76. The van der Waals surface area contributed by atoms with Crippen LogP contribution in [0, 0.1) is 16.0 Å². The Labute approximate surface area is 121 Å². The molecule has 3 rings (SSSR count). The van der Waals surface area contributed by atoms with Crippen molar-refractivity contribution < 1.29 is 9.66 Å². The van der Waals surface area contributed by atoms with Crippen molar-refractivity contribution in [1.82, 2.24) is 4.98 Å². The van der Waals surface area contributed by atoms with Crippen molar-refractivity contribution >= 4 is 23.1 Å². The summed E-state index contributed by atoms with van der Waals surface area (Å²) in [5, 5.41) is 14.5. The molecule has 108 valence electrons. The van der Waals surface area contributed by atoms with Gasteiger partial charge in [-0.3, -0.25) is 10.1 Å². The lowest BCUT2D eigenvalue weighted by atomic mass is 10.00. The fourth-order valence-electron chi connectivity index (χ4n) is 2.63. The van der Waals surface area contributed by atoms with Crippen molar-refractivity contribution in [2.45, 2.75) is 37.8 Å². The first-order chi connectivity index (χ1) is 9.63. The molecule has 0 radical (unpaired) electrons. The first-order valence-corrected chi connectivity index (χ1v) is 7.19. The minimum atomic E-state index is -0.459. The number of anilines is 1. The lowest BCUT2D eigenvalue weighted by molar-refractivity contribution is -0.384. The molecule has 0 aromatic carbocycles. The molecule has 7 heteroatoms. The van der Waals surface area contributed by atoms with Crippen LogP contribution in [0.25, 0.3) is 0 Å². The van der Waals surface area contributed by atoms with Crippen LogP contribution < -0.4 is 5.32 Å². The fourth-order valence-corrected chi connectivity index (χ4v) is 2.78. The number of aromatic nitrogens is 1. The number of nitrogens with one attached hydrogen (secondary N) is 1. The zero-order chi connectivity index (χ0) is 14.1. The zero-order valence-corrected chi connectivity index (χ0v) is 11.7. The molecule has 2 unspecified atom stereocenters. The molecule has 20 heavy (non-hydrogen) atoms. The van der Waals surface area contributed by atoms with E-state index >= 15 is 0 Å². The average Bonchev–Trinajstić information content (AvgIpc) is 3.25. The van der Waals surface area contributed by atoms with E-state index in [0.29, 0.717) is 18.3 Å². The minimum Gasteiger partial charge on any atom is -0.378 e. The zero-order valence-electron chi connectivity index (χ0n) is 10.9. The fraction of sp³-hybridized carbons (Fsp3) is 0.615. The summed E-state index contributed by atoms with van der Waals surface area (Å²) in [7, 11) is 0. The maximum atomic E-state index is 11.0. The number of hydrogen-bond donors (Lipinski definition) is 1. The van der Waals surface area contributed by atoms with Gasteiger partial charge in [0.1, 0.15) is 0 Å². The Morgan fingerprint density at radius 2 is 2.25 bits per heavy atom. The molecule has 2 aliphatic rings. The molecule has 2 fully saturated rings. The van der Waals surface area contributed by atoms with Crippen LogP contribution in [0.1, 0.15) is 25.7 Å². The highest BCUT2D eigenvalue weighted by Gasteiger charge is 2.36. The first kappa shape index (κ1) is 13.6. The number of rotatable bonds is 4. The standard InChI is InChI=1S/C13H16ClN3O3/c14-9-5-11(17(18)19)13(15-7-9)16-10-3-4-20-12(6-10)8-1-2-8/h5,7-8,10,12H,1-4,6H2,(H,15,16). The molecule has 0 spiro atoms. The smallest absolute Gasteiger partial charge is 0.312 e. The van der Waals surface area contributed by atoms with E-state index in [9.17, 15) is 10.1 Å². The van der Waals surface area contributed by atoms with Gasteiger partial charge in [0.15, 0.2) is 0 Å². The van der Waals surface area contributed by atoms with E-state index in [2.05, 4.69) is 10.3 Å². The van der Waals surface area contributed by atoms with Crippen LogP contribution in [0.3, 0.4) is 0 Å². The predicted molar refractivity (Wildman–Crippen MR) is 75.0 cm³/mol. The molecule has 0 bridgehead atoms. The second kappa shape index (κ2) is 5.54. The quantitative estimate of drug-likeness (QED) is 0.683. The lowest BCUT2D eigenvalue weighted by Crippen LogP contribution is -2.35. The molecular formula is C13H16ClN3O3. The van der Waals surface area contributed by atoms with Crippen molar-refractivity contribution in [2.24, 2.45) is 5.92 Å². The third kappa shape index (κ3) is 3.02. The van der Waals surface area contributed by atoms with Gasteiger partial charge in [0.2, 0.25) is 5.82 Å². The van der Waals surface area contributed by atoms with Crippen LogP contribution in [0.2, 0.25) is 5.02 Å². The maximum Gasteiger partial charge on any atom is 0.312 e. The number of hydrogen-bond acceptors (Lipinski definition) is 5. The Morgan fingerprint density at radius 3 is 2.95 bits per heavy atom. The summed E-state index contributed by atoms with van der Waals surface area (Å²) in [5.41, 5.74) is -0.0769. The Hall–Kier alpha value is -1.40. The second-order valence-electron chi connectivity index (χ2n) is 5.39. The van der Waals surface area contributed by atoms with Gasteiger partial charge in [0.25, 0.3) is 0 Å². The van der Waals surface area contributed by atoms with Crippen LogP contribution in [-0.2, 0) is 4.74 Å². The van der Waals surface area contributed by atoms with Crippen LogP contribution in [0.5, 0.6) is 0 Å². The monoisotopic (exact) mass is 297 g/mol. The van der Waals surface area contributed by atoms with Gasteiger partial charge in [-0.2, -0.15) is 0 Å². The van der Waals surface area contributed by atoms with Gasteiger partial charge in [-0.15, -0.1) is 0 Å². The van der Waals surface area contributed by atoms with Gasteiger partial charge in [-0.25, -0.2) is 4.98 Å². The molecule has 2 heterocycles. The van der Waals surface area contributed by atoms with Gasteiger partial charge in [-0.05, 0) is 31.6 Å². The van der Waals surface area contributed by atoms with E-state index in [1.54, 1.807) is 0 Å². The Kier molecular flexibility index (Phi) is 3.76. The SMILES string of the molecule is O=[N+]([O-])c1cc(Cl)cnc1NC1CCOC(C2CC2)C1. The highest BCUT2D eigenvalue weighted by molar-refractivity contribution is 6.30. The van der Waals surface area contributed by atoms with Crippen molar-refractivity contribution in [1.29, 1.82) is 0 Å². The average molecular weight is 298 g/mol. The van der Waals surface area contributed by atoms with Crippen LogP contribution in [0.15, 0.2) is 12.3 Å². The van der Waals surface area contributed by atoms with E-state index in [1.807, 2.05) is 0 Å². The molecular weight excluding hydrogens is 282 g/mol. The first-order valence-electron chi connectivity index (χ1n) is 6.81. The number of nitro groups is 1. The van der Waals surface area contributed by atoms with E-state index in [4.69, 9.17) is 16.3 Å². The minimum absolute atomic E-state index is 0.0769. The van der Waals surface area contributed by atoms with E-state index in [-0.39, 0.29) is 22.9 Å². The number of ether oxygens (including phenoxy) is 1. The normalized spacial score (nSPS) is 26.2. The summed E-state index contributed by atoms with van der Waals surface area (Å²) in [5.74, 6) is 0.966. The van der Waals surface area contributed by atoms with Crippen molar-refractivity contribution in [3.8, 4) is 0 Å². The van der Waals surface area contributed by atoms with Gasteiger partial charge >= 0.3 is 5.69 Å². The predicted octanol–water partition coefficient (Wildman–Crippen LogP) is 3.01. The van der Waals surface area contributed by atoms with Gasteiger partial charge in [0, 0.05) is 24.9 Å². The third-order valence-electron chi connectivity index (χ3n) is 3.83. The topological polar surface area (TPSA) is 77.3 Å². The molecule has 1 N–H and O–H groups in total.